The molecule has 4 unspecified atom stereocenters. The summed E-state index contributed by atoms with van der Waals surface area (Å²) in [5.41, 5.74) is 0.167. The summed E-state index contributed by atoms with van der Waals surface area (Å²) in [6.07, 6.45) is 9.36. The third kappa shape index (κ3) is 0.588. The molecule has 74 valence electrons. The van der Waals surface area contributed by atoms with Crippen molar-refractivity contribution in [2.24, 2.45) is 16.7 Å². The number of carbonyl (C=O) groups is 1. The van der Waals surface area contributed by atoms with Gasteiger partial charge in [0.2, 0.25) is 0 Å². The summed E-state index contributed by atoms with van der Waals surface area (Å²) in [6.45, 7) is 4.39. The summed E-state index contributed by atoms with van der Waals surface area (Å²) < 4.78 is 5.44. The number of carbonyl (C=O) groups excluding carboxylic acids is 1. The van der Waals surface area contributed by atoms with Gasteiger partial charge in [0.25, 0.3) is 0 Å². The van der Waals surface area contributed by atoms with E-state index in [4.69, 9.17) is 4.74 Å². The molecule has 0 N–H and O–H groups in total. The van der Waals surface area contributed by atoms with Crippen LogP contribution in [0.4, 0.5) is 0 Å². The molecular formula is C12H14O2. The molecule has 1 heterocycles. The maximum atomic E-state index is 11.5. The molecule has 0 radical (unpaired) electrons. The molecular weight excluding hydrogens is 176 g/mol. The number of esters is 1. The van der Waals surface area contributed by atoms with Crippen LogP contribution in [0.3, 0.4) is 0 Å². The quantitative estimate of drug-likeness (QED) is 0.592. The van der Waals surface area contributed by atoms with Gasteiger partial charge in [0.15, 0.2) is 0 Å². The molecule has 14 heavy (non-hydrogen) atoms. The van der Waals surface area contributed by atoms with E-state index in [0.717, 1.165) is 6.42 Å². The van der Waals surface area contributed by atoms with E-state index in [2.05, 4.69) is 19.9 Å². The topological polar surface area (TPSA) is 26.3 Å². The Morgan fingerprint density at radius 3 is 3.00 bits per heavy atom. The Morgan fingerprint density at radius 1 is 1.50 bits per heavy atom. The average molecular weight is 190 g/mol. The summed E-state index contributed by atoms with van der Waals surface area (Å²) >= 11 is 0. The van der Waals surface area contributed by atoms with Crippen molar-refractivity contribution in [3.8, 4) is 0 Å². The minimum atomic E-state index is -0.0403. The first-order chi connectivity index (χ1) is 6.67. The molecule has 3 rings (SSSR count). The highest BCUT2D eigenvalue weighted by atomic mass is 16.6. The fourth-order valence-corrected chi connectivity index (χ4v) is 3.32. The van der Waals surface area contributed by atoms with Gasteiger partial charge in [0.1, 0.15) is 6.10 Å². The zero-order valence-electron chi connectivity index (χ0n) is 8.49. The molecule has 2 heteroatoms. The standard InChI is InChI=1S/C12H14O2/c1-3-11(2)10-12(11)7-5-4-6-8(12)9(13)14-10/h4-8,10H,3H2,1-2H3. The Bertz CT molecular complexity index is 369. The number of hydrogen-bond donors (Lipinski definition) is 0. The molecule has 0 aromatic rings. The van der Waals surface area contributed by atoms with Gasteiger partial charge in [-0.3, -0.25) is 4.79 Å². The second-order valence-corrected chi connectivity index (χ2v) is 4.74. The normalized spacial score (nSPS) is 52.6. The molecule has 3 aliphatic rings. The van der Waals surface area contributed by atoms with Crippen LogP contribution in [-0.2, 0) is 9.53 Å². The van der Waals surface area contributed by atoms with Crippen LogP contribution in [-0.4, -0.2) is 12.1 Å². The summed E-state index contributed by atoms with van der Waals surface area (Å²) in [5, 5.41) is 0. The number of allylic oxidation sites excluding steroid dienone is 2. The summed E-state index contributed by atoms with van der Waals surface area (Å²) in [5.74, 6) is -0.0658. The monoisotopic (exact) mass is 190 g/mol. The van der Waals surface area contributed by atoms with Crippen LogP contribution >= 0.6 is 0 Å². The van der Waals surface area contributed by atoms with Gasteiger partial charge in [-0.25, -0.2) is 0 Å². The van der Waals surface area contributed by atoms with Crippen molar-refractivity contribution >= 4 is 5.97 Å². The van der Waals surface area contributed by atoms with Crippen LogP contribution in [0, 0.1) is 16.7 Å². The highest BCUT2D eigenvalue weighted by Crippen LogP contribution is 2.75. The van der Waals surface area contributed by atoms with Crippen LogP contribution < -0.4 is 0 Å². The number of ether oxygens (including phenoxy) is 1. The van der Waals surface area contributed by atoms with Crippen LogP contribution in [0.15, 0.2) is 24.3 Å². The molecule has 1 aliphatic heterocycles. The Hall–Kier alpha value is -1.05. The molecule has 1 spiro atoms. The van der Waals surface area contributed by atoms with Gasteiger partial charge in [-0.2, -0.15) is 0 Å². The van der Waals surface area contributed by atoms with Crippen molar-refractivity contribution in [1.82, 2.24) is 0 Å². The van der Waals surface area contributed by atoms with E-state index in [1.807, 2.05) is 18.2 Å². The van der Waals surface area contributed by atoms with E-state index < -0.39 is 0 Å². The summed E-state index contributed by atoms with van der Waals surface area (Å²) in [7, 11) is 0. The molecule has 2 nitrogen and oxygen atoms in total. The fourth-order valence-electron chi connectivity index (χ4n) is 3.32. The highest BCUT2D eigenvalue weighted by Gasteiger charge is 2.82. The lowest BCUT2D eigenvalue weighted by atomic mass is 9.78. The fraction of sp³-hybridized carbons (Fsp3) is 0.583. The molecule has 2 aliphatic carbocycles. The summed E-state index contributed by atoms with van der Waals surface area (Å²) in [6, 6.07) is 0. The second kappa shape index (κ2) is 2.13. The van der Waals surface area contributed by atoms with E-state index in [1.165, 1.54) is 0 Å². The van der Waals surface area contributed by atoms with Crippen LogP contribution in [0.25, 0.3) is 0 Å². The van der Waals surface area contributed by atoms with Crippen molar-refractivity contribution in [2.45, 2.75) is 26.4 Å². The van der Waals surface area contributed by atoms with E-state index in [-0.39, 0.29) is 28.8 Å². The van der Waals surface area contributed by atoms with Crippen molar-refractivity contribution in [3.63, 3.8) is 0 Å². The molecule has 1 saturated carbocycles. The predicted molar refractivity (Wildman–Crippen MR) is 52.5 cm³/mol. The van der Waals surface area contributed by atoms with E-state index in [9.17, 15) is 4.79 Å². The molecule has 1 saturated heterocycles. The minimum Gasteiger partial charge on any atom is -0.460 e. The van der Waals surface area contributed by atoms with Gasteiger partial charge in [0, 0.05) is 5.41 Å². The second-order valence-electron chi connectivity index (χ2n) is 4.74. The Morgan fingerprint density at radius 2 is 2.29 bits per heavy atom. The van der Waals surface area contributed by atoms with Crippen LogP contribution in [0.2, 0.25) is 0 Å². The number of rotatable bonds is 1. The lowest BCUT2D eigenvalue weighted by molar-refractivity contribution is -0.145. The van der Waals surface area contributed by atoms with E-state index in [0.29, 0.717) is 0 Å². The molecule has 0 aromatic carbocycles. The van der Waals surface area contributed by atoms with Gasteiger partial charge in [-0.15, -0.1) is 0 Å². The predicted octanol–water partition coefficient (Wildman–Crippen LogP) is 2.07. The first-order valence-electron chi connectivity index (χ1n) is 5.23. The Labute approximate surface area is 83.6 Å². The smallest absolute Gasteiger partial charge is 0.314 e. The van der Waals surface area contributed by atoms with Gasteiger partial charge >= 0.3 is 5.97 Å². The van der Waals surface area contributed by atoms with Gasteiger partial charge in [-0.05, 0) is 6.42 Å². The van der Waals surface area contributed by atoms with E-state index >= 15 is 0 Å². The first-order valence-corrected chi connectivity index (χ1v) is 5.23. The van der Waals surface area contributed by atoms with Crippen molar-refractivity contribution in [1.29, 1.82) is 0 Å². The highest BCUT2D eigenvalue weighted by molar-refractivity contribution is 5.83. The van der Waals surface area contributed by atoms with Gasteiger partial charge in [0.05, 0.1) is 11.3 Å². The minimum absolute atomic E-state index is 0.00637. The SMILES string of the molecule is CCC1(C)C2OC(=O)C3C=CC=CC321. The maximum absolute atomic E-state index is 11.5. The lowest BCUT2D eigenvalue weighted by Gasteiger charge is -2.23. The molecule has 0 bridgehead atoms. The molecule has 2 fully saturated rings. The van der Waals surface area contributed by atoms with Crippen LogP contribution in [0.5, 0.6) is 0 Å². The van der Waals surface area contributed by atoms with Gasteiger partial charge < -0.3 is 4.74 Å². The van der Waals surface area contributed by atoms with E-state index in [1.54, 1.807) is 0 Å². The van der Waals surface area contributed by atoms with Crippen molar-refractivity contribution in [3.05, 3.63) is 24.3 Å². The first kappa shape index (κ1) is 8.27. The third-order valence-corrected chi connectivity index (χ3v) is 4.44. The average Bonchev–Trinajstić information content (AvgIpc) is 2.57. The Kier molecular flexibility index (Phi) is 1.26. The third-order valence-electron chi connectivity index (χ3n) is 4.44. The lowest BCUT2D eigenvalue weighted by Crippen LogP contribution is -2.26. The largest absolute Gasteiger partial charge is 0.460 e. The van der Waals surface area contributed by atoms with Crippen molar-refractivity contribution in [2.75, 3.05) is 0 Å². The molecule has 0 amide bonds. The van der Waals surface area contributed by atoms with Crippen molar-refractivity contribution < 1.29 is 9.53 Å². The number of hydrogen-bond acceptors (Lipinski definition) is 2. The maximum Gasteiger partial charge on any atom is 0.314 e. The molecule has 0 aromatic heterocycles. The molecule has 4 atom stereocenters. The summed E-state index contributed by atoms with van der Waals surface area (Å²) in [4.78, 5) is 11.5. The van der Waals surface area contributed by atoms with Gasteiger partial charge in [-0.1, -0.05) is 38.2 Å². The zero-order valence-corrected chi connectivity index (χ0v) is 8.49. The van der Waals surface area contributed by atoms with Crippen LogP contribution in [0.1, 0.15) is 20.3 Å². The Balaban J connectivity index is 2.09. The zero-order chi connectivity index (χ0) is 9.97.